The molecule has 0 aliphatic heterocycles. The molecule has 1 atom stereocenters. The van der Waals surface area contributed by atoms with Crippen molar-refractivity contribution in [2.45, 2.75) is 19.5 Å². The Kier molecular flexibility index (Phi) is 5.52. The molecular weight excluding hydrogens is 231 g/mol. The third kappa shape index (κ3) is 3.96. The van der Waals surface area contributed by atoms with Gasteiger partial charge in [-0.25, -0.2) is 4.39 Å². The van der Waals surface area contributed by atoms with E-state index in [1.165, 1.54) is 6.07 Å². The highest BCUT2D eigenvalue weighted by atomic mass is 19.1. The number of rotatable bonds is 6. The average Bonchev–Trinajstić information content (AvgIpc) is 2.37. The molecule has 0 saturated heterocycles. The van der Waals surface area contributed by atoms with Crippen molar-refractivity contribution >= 4 is 5.91 Å². The van der Waals surface area contributed by atoms with Crippen molar-refractivity contribution in [3.63, 3.8) is 0 Å². The Morgan fingerprint density at radius 2 is 2.22 bits per heavy atom. The molecule has 0 unspecified atom stereocenters. The molecule has 3 nitrogen and oxygen atoms in total. The normalized spacial score (nSPS) is 12.2. The molecule has 0 spiro atoms. The van der Waals surface area contributed by atoms with E-state index in [9.17, 15) is 9.18 Å². The Balaban J connectivity index is 2.59. The lowest BCUT2D eigenvalue weighted by Gasteiger charge is -2.23. The summed E-state index contributed by atoms with van der Waals surface area (Å²) in [7, 11) is 1.80. The van der Waals surface area contributed by atoms with Crippen LogP contribution in [0.15, 0.2) is 36.9 Å². The standard InChI is InChI=1S/C14H19FN2O/c1-4-9-16-14(18)11(2)17(3)10-12-7-5-6-8-13(12)15/h4-8,11H,1,9-10H2,2-3H3,(H,16,18)/t11-/m0/s1. The summed E-state index contributed by atoms with van der Waals surface area (Å²) in [5.74, 6) is -0.336. The van der Waals surface area contributed by atoms with Crippen LogP contribution >= 0.6 is 0 Å². The molecule has 4 heteroatoms. The van der Waals surface area contributed by atoms with Gasteiger partial charge < -0.3 is 5.32 Å². The number of nitrogens with one attached hydrogen (secondary N) is 1. The van der Waals surface area contributed by atoms with Gasteiger partial charge in [-0.2, -0.15) is 0 Å². The van der Waals surface area contributed by atoms with E-state index in [4.69, 9.17) is 0 Å². The molecule has 1 aromatic carbocycles. The summed E-state index contributed by atoms with van der Waals surface area (Å²) in [4.78, 5) is 13.5. The number of hydrogen-bond acceptors (Lipinski definition) is 2. The van der Waals surface area contributed by atoms with Gasteiger partial charge in [0.15, 0.2) is 0 Å². The van der Waals surface area contributed by atoms with Gasteiger partial charge in [0.25, 0.3) is 0 Å². The quantitative estimate of drug-likeness (QED) is 0.783. The molecule has 0 bridgehead atoms. The van der Waals surface area contributed by atoms with E-state index < -0.39 is 0 Å². The molecule has 1 aromatic rings. The molecule has 18 heavy (non-hydrogen) atoms. The molecular formula is C14H19FN2O. The SMILES string of the molecule is C=CCNC(=O)[C@H](C)N(C)Cc1ccccc1F. The van der Waals surface area contributed by atoms with Crippen molar-refractivity contribution in [3.8, 4) is 0 Å². The summed E-state index contributed by atoms with van der Waals surface area (Å²) in [6.45, 7) is 6.17. The summed E-state index contributed by atoms with van der Waals surface area (Å²) < 4.78 is 13.5. The van der Waals surface area contributed by atoms with Gasteiger partial charge in [0.1, 0.15) is 5.82 Å². The van der Waals surface area contributed by atoms with E-state index >= 15 is 0 Å². The van der Waals surface area contributed by atoms with Gasteiger partial charge in [-0.15, -0.1) is 6.58 Å². The minimum absolute atomic E-state index is 0.0891. The van der Waals surface area contributed by atoms with Crippen LogP contribution in [0.5, 0.6) is 0 Å². The highest BCUT2D eigenvalue weighted by Gasteiger charge is 2.18. The second kappa shape index (κ2) is 6.91. The fourth-order valence-electron chi connectivity index (χ4n) is 1.55. The first kappa shape index (κ1) is 14.4. The molecule has 0 saturated carbocycles. The first-order chi connectivity index (χ1) is 8.56. The van der Waals surface area contributed by atoms with Crippen LogP contribution in [0.25, 0.3) is 0 Å². The maximum atomic E-state index is 13.5. The largest absolute Gasteiger partial charge is 0.351 e. The van der Waals surface area contributed by atoms with Gasteiger partial charge in [-0.1, -0.05) is 24.3 Å². The predicted octanol–water partition coefficient (Wildman–Crippen LogP) is 1.95. The fourth-order valence-corrected chi connectivity index (χ4v) is 1.55. The monoisotopic (exact) mass is 250 g/mol. The molecule has 1 N–H and O–H groups in total. The number of amides is 1. The first-order valence-electron chi connectivity index (χ1n) is 5.88. The van der Waals surface area contributed by atoms with Crippen LogP contribution in [-0.4, -0.2) is 30.4 Å². The maximum absolute atomic E-state index is 13.5. The summed E-state index contributed by atoms with van der Waals surface area (Å²) in [6.07, 6.45) is 1.63. The van der Waals surface area contributed by atoms with Crippen LogP contribution in [0.3, 0.4) is 0 Å². The average molecular weight is 250 g/mol. The predicted molar refractivity (Wildman–Crippen MR) is 70.5 cm³/mol. The van der Waals surface area contributed by atoms with Gasteiger partial charge in [0, 0.05) is 18.7 Å². The zero-order chi connectivity index (χ0) is 13.5. The molecule has 0 aliphatic carbocycles. The Morgan fingerprint density at radius 3 is 2.83 bits per heavy atom. The van der Waals surface area contributed by atoms with Crippen LogP contribution in [0.4, 0.5) is 4.39 Å². The molecule has 0 heterocycles. The molecule has 0 fully saturated rings. The zero-order valence-corrected chi connectivity index (χ0v) is 10.8. The van der Waals surface area contributed by atoms with Crippen LogP contribution < -0.4 is 5.32 Å². The summed E-state index contributed by atoms with van der Waals surface area (Å²) >= 11 is 0. The van der Waals surface area contributed by atoms with E-state index in [0.717, 1.165) is 0 Å². The van der Waals surface area contributed by atoms with Crippen LogP contribution in [-0.2, 0) is 11.3 Å². The number of halogens is 1. The minimum Gasteiger partial charge on any atom is -0.351 e. The van der Waals surface area contributed by atoms with Crippen molar-refractivity contribution in [2.75, 3.05) is 13.6 Å². The van der Waals surface area contributed by atoms with Crippen molar-refractivity contribution in [2.24, 2.45) is 0 Å². The lowest BCUT2D eigenvalue weighted by atomic mass is 10.1. The number of nitrogens with zero attached hydrogens (tertiary/aromatic N) is 1. The van der Waals surface area contributed by atoms with Crippen LogP contribution in [0, 0.1) is 5.82 Å². The Labute approximate surface area is 107 Å². The highest BCUT2D eigenvalue weighted by Crippen LogP contribution is 2.10. The van der Waals surface area contributed by atoms with Gasteiger partial charge in [-0.05, 0) is 20.0 Å². The van der Waals surface area contributed by atoms with Crippen molar-refractivity contribution < 1.29 is 9.18 Å². The topological polar surface area (TPSA) is 32.3 Å². The third-order valence-electron chi connectivity index (χ3n) is 2.84. The minimum atomic E-state index is -0.315. The number of likely N-dealkylation sites (N-methyl/N-ethyl adjacent to an activating group) is 1. The molecule has 0 aromatic heterocycles. The van der Waals surface area contributed by atoms with Gasteiger partial charge in [0.2, 0.25) is 5.91 Å². The van der Waals surface area contributed by atoms with E-state index in [-0.39, 0.29) is 17.8 Å². The van der Waals surface area contributed by atoms with E-state index in [1.54, 1.807) is 43.1 Å². The zero-order valence-electron chi connectivity index (χ0n) is 10.8. The van der Waals surface area contributed by atoms with Crippen molar-refractivity contribution in [3.05, 3.63) is 48.3 Å². The lowest BCUT2D eigenvalue weighted by Crippen LogP contribution is -2.43. The second-order valence-corrected chi connectivity index (χ2v) is 4.22. The maximum Gasteiger partial charge on any atom is 0.237 e. The smallest absolute Gasteiger partial charge is 0.237 e. The second-order valence-electron chi connectivity index (χ2n) is 4.22. The van der Waals surface area contributed by atoms with Crippen LogP contribution in [0.2, 0.25) is 0 Å². The lowest BCUT2D eigenvalue weighted by molar-refractivity contribution is -0.125. The van der Waals surface area contributed by atoms with Gasteiger partial charge >= 0.3 is 0 Å². The third-order valence-corrected chi connectivity index (χ3v) is 2.84. The summed E-state index contributed by atoms with van der Waals surface area (Å²) in [6, 6.07) is 6.27. The Hall–Kier alpha value is -1.68. The number of hydrogen-bond donors (Lipinski definition) is 1. The summed E-state index contributed by atoms with van der Waals surface area (Å²) in [5.41, 5.74) is 0.586. The Morgan fingerprint density at radius 1 is 1.56 bits per heavy atom. The van der Waals surface area contributed by atoms with E-state index in [1.807, 2.05) is 0 Å². The molecule has 1 amide bonds. The summed E-state index contributed by atoms with van der Waals surface area (Å²) in [5, 5.41) is 2.72. The number of carbonyl (C=O) groups excluding carboxylic acids is 1. The fraction of sp³-hybridized carbons (Fsp3) is 0.357. The van der Waals surface area contributed by atoms with Gasteiger partial charge in [0.05, 0.1) is 6.04 Å². The van der Waals surface area contributed by atoms with Crippen molar-refractivity contribution in [1.82, 2.24) is 10.2 Å². The van der Waals surface area contributed by atoms with Crippen LogP contribution in [0.1, 0.15) is 12.5 Å². The molecule has 1 rings (SSSR count). The van der Waals surface area contributed by atoms with E-state index in [0.29, 0.717) is 18.7 Å². The van der Waals surface area contributed by atoms with E-state index in [2.05, 4.69) is 11.9 Å². The van der Waals surface area contributed by atoms with Gasteiger partial charge in [-0.3, -0.25) is 9.69 Å². The highest BCUT2D eigenvalue weighted by molar-refractivity contribution is 5.81. The number of benzene rings is 1. The van der Waals surface area contributed by atoms with Crippen molar-refractivity contribution in [1.29, 1.82) is 0 Å². The number of carbonyl (C=O) groups is 1. The Bertz CT molecular complexity index is 420. The molecule has 0 aliphatic rings. The molecule has 0 radical (unpaired) electrons. The molecule has 98 valence electrons. The first-order valence-corrected chi connectivity index (χ1v) is 5.88.